The third kappa shape index (κ3) is 2.64. The van der Waals surface area contributed by atoms with Gasteiger partial charge in [0.25, 0.3) is 0 Å². The summed E-state index contributed by atoms with van der Waals surface area (Å²) >= 11 is 0. The standard InChI is InChI=1S/C13H17FN2O/c1-15-13(17)7-8-16-12-6-5-9-10(12)3-2-4-11(9)14/h2-4,12,16H,5-8H2,1H3,(H,15,17). The molecule has 2 rings (SSSR count). The molecule has 3 nitrogen and oxygen atoms in total. The van der Waals surface area contributed by atoms with Crippen LogP contribution in [0.2, 0.25) is 0 Å². The number of hydrogen-bond donors (Lipinski definition) is 2. The Kier molecular flexibility index (Phi) is 3.74. The van der Waals surface area contributed by atoms with Crippen LogP contribution in [0.5, 0.6) is 0 Å². The molecular formula is C13H17FN2O. The summed E-state index contributed by atoms with van der Waals surface area (Å²) in [6.45, 7) is 0.625. The molecule has 1 amide bonds. The number of carbonyl (C=O) groups excluding carboxylic acids is 1. The SMILES string of the molecule is CNC(=O)CCNC1CCc2c(F)cccc21. The number of rotatable bonds is 4. The maximum absolute atomic E-state index is 13.5. The molecule has 1 unspecified atom stereocenters. The van der Waals surface area contributed by atoms with Crippen molar-refractivity contribution in [2.24, 2.45) is 0 Å². The van der Waals surface area contributed by atoms with Crippen LogP contribution in [0.4, 0.5) is 4.39 Å². The number of benzene rings is 1. The minimum absolute atomic E-state index is 0.0231. The van der Waals surface area contributed by atoms with Crippen LogP contribution in [0.3, 0.4) is 0 Å². The predicted molar refractivity (Wildman–Crippen MR) is 64.1 cm³/mol. The second-order valence-electron chi connectivity index (χ2n) is 4.28. The Morgan fingerprint density at radius 1 is 1.53 bits per heavy atom. The van der Waals surface area contributed by atoms with Gasteiger partial charge in [0.05, 0.1) is 0 Å². The summed E-state index contributed by atoms with van der Waals surface area (Å²) in [5, 5.41) is 5.88. The number of fused-ring (bicyclic) bond motifs is 1. The molecular weight excluding hydrogens is 219 g/mol. The molecule has 4 heteroatoms. The molecule has 0 fully saturated rings. The zero-order valence-electron chi connectivity index (χ0n) is 9.92. The first-order valence-electron chi connectivity index (χ1n) is 5.93. The van der Waals surface area contributed by atoms with Crippen LogP contribution in [-0.2, 0) is 11.2 Å². The Labute approximate surface area is 100 Å². The lowest BCUT2D eigenvalue weighted by molar-refractivity contribution is -0.120. The second-order valence-corrected chi connectivity index (χ2v) is 4.28. The lowest BCUT2D eigenvalue weighted by Gasteiger charge is -2.13. The normalized spacial score (nSPS) is 17.9. The highest BCUT2D eigenvalue weighted by Crippen LogP contribution is 2.32. The van der Waals surface area contributed by atoms with Crippen molar-refractivity contribution < 1.29 is 9.18 Å². The fraction of sp³-hybridized carbons (Fsp3) is 0.462. The first kappa shape index (κ1) is 12.0. The van der Waals surface area contributed by atoms with Crippen LogP contribution in [0.1, 0.15) is 30.0 Å². The smallest absolute Gasteiger partial charge is 0.221 e. The summed E-state index contributed by atoms with van der Waals surface area (Å²) in [5.41, 5.74) is 1.87. The number of amides is 1. The third-order valence-electron chi connectivity index (χ3n) is 3.24. The molecule has 1 atom stereocenters. The fourth-order valence-electron chi connectivity index (χ4n) is 2.31. The second kappa shape index (κ2) is 5.27. The fourth-order valence-corrected chi connectivity index (χ4v) is 2.31. The van der Waals surface area contributed by atoms with Crippen LogP contribution in [-0.4, -0.2) is 19.5 Å². The van der Waals surface area contributed by atoms with E-state index in [-0.39, 0.29) is 17.8 Å². The largest absolute Gasteiger partial charge is 0.359 e. The summed E-state index contributed by atoms with van der Waals surface area (Å²) in [6.07, 6.45) is 2.14. The van der Waals surface area contributed by atoms with E-state index in [1.807, 2.05) is 6.07 Å². The number of hydrogen-bond acceptors (Lipinski definition) is 2. The minimum Gasteiger partial charge on any atom is -0.359 e. The lowest BCUT2D eigenvalue weighted by Crippen LogP contribution is -2.26. The van der Waals surface area contributed by atoms with Gasteiger partial charge >= 0.3 is 0 Å². The Bertz CT molecular complexity index is 420. The number of carbonyl (C=O) groups is 1. The van der Waals surface area contributed by atoms with Crippen molar-refractivity contribution in [2.75, 3.05) is 13.6 Å². The highest BCUT2D eigenvalue weighted by Gasteiger charge is 2.24. The maximum Gasteiger partial charge on any atom is 0.221 e. The molecule has 0 aromatic heterocycles. The Balaban J connectivity index is 1.94. The molecule has 0 heterocycles. The summed E-state index contributed by atoms with van der Waals surface area (Å²) < 4.78 is 13.5. The molecule has 1 aliphatic carbocycles. The Morgan fingerprint density at radius 2 is 2.35 bits per heavy atom. The van der Waals surface area contributed by atoms with Crippen molar-refractivity contribution in [1.82, 2.24) is 10.6 Å². The van der Waals surface area contributed by atoms with Crippen LogP contribution >= 0.6 is 0 Å². The molecule has 92 valence electrons. The topological polar surface area (TPSA) is 41.1 Å². The van der Waals surface area contributed by atoms with E-state index in [2.05, 4.69) is 10.6 Å². The molecule has 1 aliphatic rings. The summed E-state index contributed by atoms with van der Waals surface area (Å²) in [6, 6.07) is 5.40. The molecule has 1 aromatic carbocycles. The van der Waals surface area contributed by atoms with E-state index in [1.165, 1.54) is 6.07 Å². The van der Waals surface area contributed by atoms with E-state index in [0.717, 1.165) is 24.0 Å². The molecule has 0 radical (unpaired) electrons. The molecule has 0 aliphatic heterocycles. The van der Waals surface area contributed by atoms with Crippen molar-refractivity contribution in [3.05, 3.63) is 35.1 Å². The minimum atomic E-state index is -0.113. The lowest BCUT2D eigenvalue weighted by atomic mass is 10.1. The quantitative estimate of drug-likeness (QED) is 0.832. The van der Waals surface area contributed by atoms with Gasteiger partial charge in [-0.05, 0) is 30.0 Å². The number of halogens is 1. The van der Waals surface area contributed by atoms with Crippen LogP contribution in [0, 0.1) is 5.82 Å². The van der Waals surface area contributed by atoms with Crippen molar-refractivity contribution >= 4 is 5.91 Å². The third-order valence-corrected chi connectivity index (χ3v) is 3.24. The van der Waals surface area contributed by atoms with Gasteiger partial charge in [-0.2, -0.15) is 0 Å². The van der Waals surface area contributed by atoms with Crippen LogP contribution in [0.15, 0.2) is 18.2 Å². The van der Waals surface area contributed by atoms with E-state index < -0.39 is 0 Å². The average molecular weight is 236 g/mol. The van der Waals surface area contributed by atoms with Crippen molar-refractivity contribution in [3.63, 3.8) is 0 Å². The molecule has 0 saturated carbocycles. The van der Waals surface area contributed by atoms with Gasteiger partial charge in [0.15, 0.2) is 0 Å². The Hall–Kier alpha value is -1.42. The van der Waals surface area contributed by atoms with Gasteiger partial charge in [0, 0.05) is 26.1 Å². The van der Waals surface area contributed by atoms with Gasteiger partial charge < -0.3 is 10.6 Å². The number of nitrogens with one attached hydrogen (secondary N) is 2. The predicted octanol–water partition coefficient (Wildman–Crippen LogP) is 1.54. The van der Waals surface area contributed by atoms with Crippen LogP contribution in [0.25, 0.3) is 0 Å². The van der Waals surface area contributed by atoms with E-state index in [4.69, 9.17) is 0 Å². The van der Waals surface area contributed by atoms with E-state index in [1.54, 1.807) is 13.1 Å². The van der Waals surface area contributed by atoms with Gasteiger partial charge in [0.1, 0.15) is 5.82 Å². The maximum atomic E-state index is 13.5. The average Bonchev–Trinajstić information content (AvgIpc) is 2.74. The Morgan fingerprint density at radius 3 is 3.12 bits per heavy atom. The van der Waals surface area contributed by atoms with E-state index in [0.29, 0.717) is 13.0 Å². The van der Waals surface area contributed by atoms with Gasteiger partial charge in [0.2, 0.25) is 5.91 Å². The monoisotopic (exact) mass is 236 g/mol. The first-order chi connectivity index (χ1) is 8.22. The molecule has 0 bridgehead atoms. The highest BCUT2D eigenvalue weighted by atomic mass is 19.1. The zero-order valence-corrected chi connectivity index (χ0v) is 9.92. The van der Waals surface area contributed by atoms with Gasteiger partial charge in [-0.3, -0.25) is 4.79 Å². The highest BCUT2D eigenvalue weighted by molar-refractivity contribution is 5.75. The first-order valence-corrected chi connectivity index (χ1v) is 5.93. The summed E-state index contributed by atoms with van der Waals surface area (Å²) in [5.74, 6) is -0.0898. The van der Waals surface area contributed by atoms with Gasteiger partial charge in [-0.1, -0.05) is 12.1 Å². The van der Waals surface area contributed by atoms with Crippen LogP contribution < -0.4 is 10.6 Å². The molecule has 0 saturated heterocycles. The van der Waals surface area contributed by atoms with Crippen molar-refractivity contribution in [2.45, 2.75) is 25.3 Å². The van der Waals surface area contributed by atoms with Gasteiger partial charge in [-0.15, -0.1) is 0 Å². The van der Waals surface area contributed by atoms with E-state index in [9.17, 15) is 9.18 Å². The molecule has 1 aromatic rings. The zero-order chi connectivity index (χ0) is 12.3. The van der Waals surface area contributed by atoms with E-state index >= 15 is 0 Å². The van der Waals surface area contributed by atoms with Gasteiger partial charge in [-0.25, -0.2) is 4.39 Å². The summed E-state index contributed by atoms with van der Waals surface area (Å²) in [4.78, 5) is 11.1. The molecule has 17 heavy (non-hydrogen) atoms. The summed E-state index contributed by atoms with van der Waals surface area (Å²) in [7, 11) is 1.63. The molecule has 2 N–H and O–H groups in total. The van der Waals surface area contributed by atoms with Crippen molar-refractivity contribution in [1.29, 1.82) is 0 Å². The molecule has 0 spiro atoms. The van der Waals surface area contributed by atoms with Crippen molar-refractivity contribution in [3.8, 4) is 0 Å².